The third-order valence-electron chi connectivity index (χ3n) is 3.94. The van der Waals surface area contributed by atoms with Gasteiger partial charge in [0, 0.05) is 12.5 Å². The van der Waals surface area contributed by atoms with E-state index in [-0.39, 0.29) is 12.0 Å². The number of nitrogens with one attached hydrogen (secondary N) is 1. The second-order valence-corrected chi connectivity index (χ2v) is 5.48. The first-order valence-electron chi connectivity index (χ1n) is 7.57. The van der Waals surface area contributed by atoms with Crippen molar-refractivity contribution >= 4 is 10.8 Å². The highest BCUT2D eigenvalue weighted by Crippen LogP contribution is 2.26. The molecule has 2 atom stereocenters. The second-order valence-electron chi connectivity index (χ2n) is 5.48. The average Bonchev–Trinajstić information content (AvgIpc) is 2.49. The van der Waals surface area contributed by atoms with Gasteiger partial charge in [0.25, 0.3) is 0 Å². The summed E-state index contributed by atoms with van der Waals surface area (Å²) in [6, 6.07) is 14.9. The zero-order valence-electron chi connectivity index (χ0n) is 12.5. The van der Waals surface area contributed by atoms with Gasteiger partial charge in [-0.15, -0.1) is 0 Å². The quantitative estimate of drug-likeness (QED) is 0.805. The normalized spacial score (nSPS) is 14.3. The van der Waals surface area contributed by atoms with Crippen molar-refractivity contribution in [2.45, 2.75) is 38.2 Å². The molecule has 108 valence electrons. The molecule has 0 radical (unpaired) electrons. The Morgan fingerprint density at radius 3 is 2.55 bits per heavy atom. The molecule has 1 unspecified atom stereocenters. The van der Waals surface area contributed by atoms with Gasteiger partial charge in [-0.3, -0.25) is 0 Å². The largest absolute Gasteiger partial charge is 0.392 e. The molecule has 0 bridgehead atoms. The third kappa shape index (κ3) is 3.59. The molecular weight excluding hydrogens is 246 g/mol. The predicted octanol–water partition coefficient (Wildman–Crippen LogP) is 3.69. The van der Waals surface area contributed by atoms with Crippen molar-refractivity contribution < 1.29 is 5.11 Å². The maximum absolute atomic E-state index is 10.5. The molecule has 0 heterocycles. The predicted molar refractivity (Wildman–Crippen MR) is 86.1 cm³/mol. The van der Waals surface area contributed by atoms with Gasteiger partial charge in [-0.1, -0.05) is 62.2 Å². The fourth-order valence-electron chi connectivity index (χ4n) is 2.75. The van der Waals surface area contributed by atoms with E-state index in [1.807, 2.05) is 7.05 Å². The number of aliphatic hydroxyl groups is 1. The van der Waals surface area contributed by atoms with Crippen LogP contribution < -0.4 is 5.32 Å². The van der Waals surface area contributed by atoms with Crippen molar-refractivity contribution in [1.82, 2.24) is 5.32 Å². The molecule has 20 heavy (non-hydrogen) atoms. The summed E-state index contributed by atoms with van der Waals surface area (Å²) < 4.78 is 0. The maximum atomic E-state index is 10.5. The van der Waals surface area contributed by atoms with Crippen molar-refractivity contribution in [2.24, 2.45) is 0 Å². The van der Waals surface area contributed by atoms with Gasteiger partial charge in [0.1, 0.15) is 0 Å². The standard InChI is InChI=1S/C18H25NO/c1-3-4-9-18(20)17(13-19-2)16-11-10-14-7-5-6-8-15(14)12-16/h5-8,10-12,17-20H,3-4,9,13H2,1-2H3/t17?,18-/m0/s1. The Kier molecular flexibility index (Phi) is 5.57. The zero-order valence-corrected chi connectivity index (χ0v) is 12.5. The van der Waals surface area contributed by atoms with Crippen LogP contribution in [0.25, 0.3) is 10.8 Å². The molecule has 2 aromatic carbocycles. The molecule has 2 N–H and O–H groups in total. The van der Waals surface area contributed by atoms with Crippen LogP contribution in [-0.4, -0.2) is 24.8 Å². The number of benzene rings is 2. The van der Waals surface area contributed by atoms with Gasteiger partial charge in [-0.05, 0) is 29.8 Å². The van der Waals surface area contributed by atoms with Crippen LogP contribution in [0.1, 0.15) is 37.7 Å². The maximum Gasteiger partial charge on any atom is 0.0620 e. The van der Waals surface area contributed by atoms with E-state index in [9.17, 15) is 5.11 Å². The molecule has 2 nitrogen and oxygen atoms in total. The first-order chi connectivity index (χ1) is 9.76. The number of fused-ring (bicyclic) bond motifs is 1. The van der Waals surface area contributed by atoms with Crippen LogP contribution in [0, 0.1) is 0 Å². The Bertz CT molecular complexity index is 538. The molecule has 0 saturated carbocycles. The molecule has 2 heteroatoms. The molecule has 0 aliphatic heterocycles. The van der Waals surface area contributed by atoms with E-state index >= 15 is 0 Å². The summed E-state index contributed by atoms with van der Waals surface area (Å²) in [6.07, 6.45) is 2.80. The van der Waals surface area contributed by atoms with Gasteiger partial charge in [0.15, 0.2) is 0 Å². The van der Waals surface area contributed by atoms with Crippen LogP contribution in [0.15, 0.2) is 42.5 Å². The highest BCUT2D eigenvalue weighted by atomic mass is 16.3. The van der Waals surface area contributed by atoms with Crippen molar-refractivity contribution in [3.63, 3.8) is 0 Å². The first kappa shape index (κ1) is 15.0. The van der Waals surface area contributed by atoms with Crippen LogP contribution in [0.2, 0.25) is 0 Å². The molecule has 0 aromatic heterocycles. The minimum Gasteiger partial charge on any atom is -0.392 e. The number of hydrogen-bond donors (Lipinski definition) is 2. The lowest BCUT2D eigenvalue weighted by atomic mass is 9.89. The summed E-state index contributed by atoms with van der Waals surface area (Å²) in [7, 11) is 1.95. The van der Waals surface area contributed by atoms with Crippen LogP contribution in [-0.2, 0) is 0 Å². The average molecular weight is 271 g/mol. The van der Waals surface area contributed by atoms with Gasteiger partial charge in [-0.2, -0.15) is 0 Å². The summed E-state index contributed by atoms with van der Waals surface area (Å²) in [6.45, 7) is 2.97. The topological polar surface area (TPSA) is 32.3 Å². The van der Waals surface area contributed by atoms with Crippen molar-refractivity contribution in [2.75, 3.05) is 13.6 Å². The van der Waals surface area contributed by atoms with Gasteiger partial charge in [0.2, 0.25) is 0 Å². The molecule has 2 rings (SSSR count). The van der Waals surface area contributed by atoms with E-state index < -0.39 is 0 Å². The van der Waals surface area contributed by atoms with E-state index in [4.69, 9.17) is 0 Å². The van der Waals surface area contributed by atoms with E-state index in [0.29, 0.717) is 0 Å². The monoisotopic (exact) mass is 271 g/mol. The van der Waals surface area contributed by atoms with Crippen molar-refractivity contribution in [3.05, 3.63) is 48.0 Å². The van der Waals surface area contributed by atoms with Crippen molar-refractivity contribution in [1.29, 1.82) is 0 Å². The van der Waals surface area contributed by atoms with E-state index in [2.05, 4.69) is 54.7 Å². The van der Waals surface area contributed by atoms with Crippen LogP contribution in [0.4, 0.5) is 0 Å². The van der Waals surface area contributed by atoms with E-state index in [1.165, 1.54) is 16.3 Å². The van der Waals surface area contributed by atoms with Crippen molar-refractivity contribution in [3.8, 4) is 0 Å². The Hall–Kier alpha value is -1.38. The second kappa shape index (κ2) is 7.41. The zero-order chi connectivity index (χ0) is 14.4. The van der Waals surface area contributed by atoms with Crippen LogP contribution >= 0.6 is 0 Å². The Morgan fingerprint density at radius 1 is 1.10 bits per heavy atom. The molecule has 0 spiro atoms. The summed E-state index contributed by atoms with van der Waals surface area (Å²) in [5, 5.41) is 16.2. The van der Waals surface area contributed by atoms with Crippen LogP contribution in [0.3, 0.4) is 0 Å². The van der Waals surface area contributed by atoms with Gasteiger partial charge in [-0.25, -0.2) is 0 Å². The molecular formula is C18H25NO. The third-order valence-corrected chi connectivity index (χ3v) is 3.94. The highest BCUT2D eigenvalue weighted by molar-refractivity contribution is 5.83. The van der Waals surface area contributed by atoms with Gasteiger partial charge in [0.05, 0.1) is 6.10 Å². The molecule has 2 aromatic rings. The van der Waals surface area contributed by atoms with Crippen LogP contribution in [0.5, 0.6) is 0 Å². The minimum absolute atomic E-state index is 0.163. The molecule has 0 aliphatic carbocycles. The first-order valence-corrected chi connectivity index (χ1v) is 7.57. The van der Waals surface area contributed by atoms with E-state index in [0.717, 1.165) is 25.8 Å². The summed E-state index contributed by atoms with van der Waals surface area (Å²) >= 11 is 0. The molecule has 0 amide bonds. The van der Waals surface area contributed by atoms with Gasteiger partial charge < -0.3 is 10.4 Å². The lowest BCUT2D eigenvalue weighted by Gasteiger charge is -2.23. The fourth-order valence-corrected chi connectivity index (χ4v) is 2.75. The Balaban J connectivity index is 2.25. The molecule has 0 aliphatic rings. The Morgan fingerprint density at radius 2 is 1.85 bits per heavy atom. The molecule has 0 fully saturated rings. The number of likely N-dealkylation sites (N-methyl/N-ethyl adjacent to an activating group) is 1. The highest BCUT2D eigenvalue weighted by Gasteiger charge is 2.20. The molecule has 0 saturated heterocycles. The fraction of sp³-hybridized carbons (Fsp3) is 0.444. The van der Waals surface area contributed by atoms with Gasteiger partial charge >= 0.3 is 0 Å². The minimum atomic E-state index is -0.274. The lowest BCUT2D eigenvalue weighted by molar-refractivity contribution is 0.130. The SMILES string of the molecule is CCCC[C@H](O)C(CNC)c1ccc2ccccc2c1. The number of unbranched alkanes of at least 4 members (excludes halogenated alkanes) is 1. The summed E-state index contributed by atoms with van der Waals surface area (Å²) in [4.78, 5) is 0. The number of hydrogen-bond acceptors (Lipinski definition) is 2. The smallest absolute Gasteiger partial charge is 0.0620 e. The summed E-state index contributed by atoms with van der Waals surface area (Å²) in [5.74, 6) is 0.163. The number of rotatable bonds is 7. The summed E-state index contributed by atoms with van der Waals surface area (Å²) in [5.41, 5.74) is 1.22. The lowest BCUT2D eigenvalue weighted by Crippen LogP contribution is -2.28. The van der Waals surface area contributed by atoms with E-state index in [1.54, 1.807) is 0 Å². The Labute approximate surface area is 121 Å². The number of aliphatic hydroxyl groups excluding tert-OH is 1.